The third kappa shape index (κ3) is 5.61. The number of rotatable bonds is 7. The van der Waals surface area contributed by atoms with Crippen LogP contribution in [0, 0.1) is 5.92 Å². The molecule has 1 rings (SSSR count). The molecule has 20 heavy (non-hydrogen) atoms. The van der Waals surface area contributed by atoms with E-state index in [9.17, 15) is 4.79 Å². The molecule has 1 aromatic carbocycles. The Bertz CT molecular complexity index is 402. The van der Waals surface area contributed by atoms with Crippen molar-refractivity contribution in [3.63, 3.8) is 0 Å². The molecule has 0 aliphatic carbocycles. The van der Waals surface area contributed by atoms with E-state index in [0.29, 0.717) is 11.5 Å². The zero-order valence-corrected chi connectivity index (χ0v) is 13.2. The highest BCUT2D eigenvalue weighted by Gasteiger charge is 2.16. The van der Waals surface area contributed by atoms with Crippen molar-refractivity contribution in [3.8, 4) is 0 Å². The van der Waals surface area contributed by atoms with Crippen molar-refractivity contribution in [2.45, 2.75) is 26.3 Å². The molecule has 0 saturated carbocycles. The predicted molar refractivity (Wildman–Crippen MR) is 85.3 cm³/mol. The molecular weight excluding hydrogens is 250 g/mol. The van der Waals surface area contributed by atoms with Gasteiger partial charge in [-0.15, -0.1) is 0 Å². The fraction of sp³-hybridized carbons (Fsp3) is 0.562. The zero-order valence-electron chi connectivity index (χ0n) is 13.2. The average Bonchev–Trinajstić information content (AvgIpc) is 2.37. The Morgan fingerprint density at radius 2 is 1.80 bits per heavy atom. The molecule has 0 aliphatic heterocycles. The van der Waals surface area contributed by atoms with Crippen LogP contribution in [0.5, 0.6) is 0 Å². The van der Waals surface area contributed by atoms with Gasteiger partial charge in [0, 0.05) is 30.9 Å². The highest BCUT2D eigenvalue weighted by molar-refractivity contribution is 5.94. The van der Waals surface area contributed by atoms with Crippen LogP contribution in [0.3, 0.4) is 0 Å². The minimum Gasteiger partial charge on any atom is -0.388 e. The normalized spacial score (nSPS) is 12.6. The maximum Gasteiger partial charge on any atom is 0.251 e. The smallest absolute Gasteiger partial charge is 0.251 e. The van der Waals surface area contributed by atoms with E-state index in [1.54, 1.807) is 0 Å². The van der Waals surface area contributed by atoms with Gasteiger partial charge < -0.3 is 15.5 Å². The molecule has 0 heterocycles. The second-order valence-electron chi connectivity index (χ2n) is 5.89. The third-order valence-electron chi connectivity index (χ3n) is 3.11. The lowest BCUT2D eigenvalue weighted by atomic mass is 10.0. The fourth-order valence-electron chi connectivity index (χ4n) is 2.25. The Balaban J connectivity index is 2.68. The molecule has 0 saturated heterocycles. The lowest BCUT2D eigenvalue weighted by molar-refractivity contribution is 0.0924. The van der Waals surface area contributed by atoms with E-state index in [1.165, 1.54) is 0 Å². The topological polar surface area (TPSA) is 44.4 Å². The zero-order chi connectivity index (χ0) is 15.1. The monoisotopic (exact) mass is 277 g/mol. The standard InChI is InChI=1S/C16H27N3O/c1-12(2)10-15(11-19(4)5)18-16(20)13-6-8-14(17-3)9-7-13/h6-9,12,15,17H,10-11H2,1-5H3,(H,18,20). The molecule has 0 fully saturated rings. The summed E-state index contributed by atoms with van der Waals surface area (Å²) in [7, 11) is 5.92. The Labute approximate surface area is 122 Å². The molecule has 0 spiro atoms. The van der Waals surface area contributed by atoms with Crippen LogP contribution in [-0.2, 0) is 0 Å². The first-order valence-corrected chi connectivity index (χ1v) is 7.15. The van der Waals surface area contributed by atoms with Gasteiger partial charge in [-0.05, 0) is 50.7 Å². The molecule has 4 heteroatoms. The van der Waals surface area contributed by atoms with Crippen LogP contribution < -0.4 is 10.6 Å². The summed E-state index contributed by atoms with van der Waals surface area (Å²) >= 11 is 0. The first kappa shape index (κ1) is 16.5. The summed E-state index contributed by atoms with van der Waals surface area (Å²) in [5, 5.41) is 6.18. The van der Waals surface area contributed by atoms with Crippen molar-refractivity contribution in [3.05, 3.63) is 29.8 Å². The first-order valence-electron chi connectivity index (χ1n) is 7.15. The number of carbonyl (C=O) groups is 1. The molecule has 0 bridgehead atoms. The molecule has 0 radical (unpaired) electrons. The van der Waals surface area contributed by atoms with Gasteiger partial charge in [-0.25, -0.2) is 0 Å². The van der Waals surface area contributed by atoms with E-state index in [0.717, 1.165) is 18.7 Å². The number of hydrogen-bond donors (Lipinski definition) is 2. The number of likely N-dealkylation sites (N-methyl/N-ethyl adjacent to an activating group) is 1. The van der Waals surface area contributed by atoms with E-state index >= 15 is 0 Å². The number of nitrogens with one attached hydrogen (secondary N) is 2. The predicted octanol–water partition coefficient (Wildman–Crippen LogP) is 2.43. The highest BCUT2D eigenvalue weighted by Crippen LogP contribution is 2.10. The number of anilines is 1. The quantitative estimate of drug-likeness (QED) is 0.804. The first-order chi connectivity index (χ1) is 9.42. The number of amides is 1. The molecule has 2 N–H and O–H groups in total. The van der Waals surface area contributed by atoms with E-state index in [-0.39, 0.29) is 11.9 Å². The summed E-state index contributed by atoms with van der Waals surface area (Å²) in [6, 6.07) is 7.71. The molecular formula is C16H27N3O. The second kappa shape index (κ2) is 7.90. The van der Waals surface area contributed by atoms with Crippen LogP contribution in [0.15, 0.2) is 24.3 Å². The SMILES string of the molecule is CNc1ccc(C(=O)NC(CC(C)C)CN(C)C)cc1. The summed E-state index contributed by atoms with van der Waals surface area (Å²) in [5.41, 5.74) is 1.71. The molecule has 0 aromatic heterocycles. The summed E-state index contributed by atoms with van der Waals surface area (Å²) < 4.78 is 0. The van der Waals surface area contributed by atoms with Gasteiger partial charge in [-0.2, -0.15) is 0 Å². The van der Waals surface area contributed by atoms with E-state index < -0.39 is 0 Å². The van der Waals surface area contributed by atoms with Gasteiger partial charge in [0.05, 0.1) is 0 Å². The van der Waals surface area contributed by atoms with Gasteiger partial charge in [0.2, 0.25) is 0 Å². The van der Waals surface area contributed by atoms with E-state index in [2.05, 4.69) is 29.4 Å². The van der Waals surface area contributed by atoms with E-state index in [1.807, 2.05) is 45.4 Å². The number of carbonyl (C=O) groups excluding carboxylic acids is 1. The third-order valence-corrected chi connectivity index (χ3v) is 3.11. The molecule has 1 aromatic rings. The molecule has 1 atom stereocenters. The molecule has 4 nitrogen and oxygen atoms in total. The minimum absolute atomic E-state index is 0.000142. The van der Waals surface area contributed by atoms with Crippen molar-refractivity contribution in [2.24, 2.45) is 5.92 Å². The maximum absolute atomic E-state index is 12.3. The minimum atomic E-state index is 0.000142. The van der Waals surface area contributed by atoms with Crippen molar-refractivity contribution in [1.29, 1.82) is 0 Å². The largest absolute Gasteiger partial charge is 0.388 e. The summed E-state index contributed by atoms with van der Waals surface area (Å²) in [6.07, 6.45) is 0.985. The van der Waals surface area contributed by atoms with Gasteiger partial charge in [-0.1, -0.05) is 13.8 Å². The van der Waals surface area contributed by atoms with Crippen LogP contribution in [0.1, 0.15) is 30.6 Å². The van der Waals surface area contributed by atoms with Gasteiger partial charge in [-0.3, -0.25) is 4.79 Å². The lowest BCUT2D eigenvalue weighted by Crippen LogP contribution is -2.42. The number of hydrogen-bond acceptors (Lipinski definition) is 3. The van der Waals surface area contributed by atoms with Crippen LogP contribution in [0.4, 0.5) is 5.69 Å². The number of nitrogens with zero attached hydrogens (tertiary/aromatic N) is 1. The van der Waals surface area contributed by atoms with Gasteiger partial charge in [0.25, 0.3) is 5.91 Å². The molecule has 1 amide bonds. The molecule has 112 valence electrons. The van der Waals surface area contributed by atoms with Crippen LogP contribution in [0.2, 0.25) is 0 Å². The Morgan fingerprint density at radius 3 is 2.25 bits per heavy atom. The van der Waals surface area contributed by atoms with Gasteiger partial charge in [0.15, 0.2) is 0 Å². The Kier molecular flexibility index (Phi) is 6.52. The van der Waals surface area contributed by atoms with Crippen molar-refractivity contribution in [2.75, 3.05) is 33.0 Å². The van der Waals surface area contributed by atoms with Crippen molar-refractivity contribution in [1.82, 2.24) is 10.2 Å². The van der Waals surface area contributed by atoms with Crippen LogP contribution in [-0.4, -0.2) is 44.5 Å². The second-order valence-corrected chi connectivity index (χ2v) is 5.89. The maximum atomic E-state index is 12.3. The highest BCUT2D eigenvalue weighted by atomic mass is 16.1. The summed E-state index contributed by atoms with van der Waals surface area (Å²) in [6.45, 7) is 5.21. The fourth-order valence-corrected chi connectivity index (χ4v) is 2.25. The van der Waals surface area contributed by atoms with Crippen LogP contribution >= 0.6 is 0 Å². The summed E-state index contributed by atoms with van der Waals surface area (Å²) in [4.78, 5) is 14.4. The van der Waals surface area contributed by atoms with Crippen molar-refractivity contribution >= 4 is 11.6 Å². The Morgan fingerprint density at radius 1 is 1.20 bits per heavy atom. The molecule has 0 aliphatic rings. The number of benzene rings is 1. The Hall–Kier alpha value is -1.55. The molecule has 1 unspecified atom stereocenters. The van der Waals surface area contributed by atoms with Crippen LogP contribution in [0.25, 0.3) is 0 Å². The average molecular weight is 277 g/mol. The lowest BCUT2D eigenvalue weighted by Gasteiger charge is -2.24. The van der Waals surface area contributed by atoms with E-state index in [4.69, 9.17) is 0 Å². The van der Waals surface area contributed by atoms with Gasteiger partial charge in [0.1, 0.15) is 0 Å². The summed E-state index contributed by atoms with van der Waals surface area (Å²) in [5.74, 6) is 0.562. The van der Waals surface area contributed by atoms with Crippen molar-refractivity contribution < 1.29 is 4.79 Å². The van der Waals surface area contributed by atoms with Gasteiger partial charge >= 0.3 is 0 Å².